The number of hydrogen-bond acceptors (Lipinski definition) is 8. The average molecular weight is 476 g/mol. The summed E-state index contributed by atoms with van der Waals surface area (Å²) in [5, 5.41) is 20.7. The Labute approximate surface area is 186 Å². The minimum absolute atomic E-state index is 0.0450. The molecule has 4 rings (SSSR count). The molecule has 0 fully saturated rings. The fraction of sp³-hybridized carbons (Fsp3) is 0.105. The van der Waals surface area contributed by atoms with E-state index in [1.807, 2.05) is 0 Å². The zero-order chi connectivity index (χ0) is 22.7. The van der Waals surface area contributed by atoms with E-state index in [1.165, 1.54) is 11.3 Å². The number of halogens is 3. The second-order valence-corrected chi connectivity index (χ2v) is 8.10. The van der Waals surface area contributed by atoms with Gasteiger partial charge in [-0.3, -0.25) is 4.79 Å². The molecule has 0 atom stereocenters. The van der Waals surface area contributed by atoms with Crippen LogP contribution in [0.5, 0.6) is 0 Å². The molecule has 4 aromatic heterocycles. The summed E-state index contributed by atoms with van der Waals surface area (Å²) in [6, 6.07) is 9.20. The van der Waals surface area contributed by atoms with Crippen molar-refractivity contribution in [1.29, 1.82) is 5.26 Å². The lowest BCUT2D eigenvalue weighted by Gasteiger charge is -2.13. The standard InChI is InChI=1S/C19H11F3N6O2S2/c20-19(21,22)12-8-13(14-4-3-7-31-14)24-18(11(12)9-23)32-10-15(29)25-16-17(27-30-26-16)28-5-1-2-6-28/h1-8H,10H2,(H,25,26,29). The number of thiophene rings is 1. The van der Waals surface area contributed by atoms with Gasteiger partial charge in [-0.15, -0.1) is 11.3 Å². The molecular formula is C19H11F3N6O2S2. The molecule has 0 aliphatic carbocycles. The Hall–Kier alpha value is -3.63. The minimum Gasteiger partial charge on any atom is -0.304 e. The van der Waals surface area contributed by atoms with Gasteiger partial charge in [0.15, 0.2) is 0 Å². The molecule has 0 aliphatic rings. The van der Waals surface area contributed by atoms with Gasteiger partial charge in [0.1, 0.15) is 11.1 Å². The minimum atomic E-state index is -4.75. The highest BCUT2D eigenvalue weighted by Crippen LogP contribution is 2.38. The van der Waals surface area contributed by atoms with Crippen LogP contribution in [0.3, 0.4) is 0 Å². The molecule has 0 bridgehead atoms. The third-order valence-electron chi connectivity index (χ3n) is 4.10. The van der Waals surface area contributed by atoms with Crippen molar-refractivity contribution in [3.8, 4) is 22.5 Å². The molecule has 0 aromatic carbocycles. The van der Waals surface area contributed by atoms with E-state index in [4.69, 9.17) is 0 Å². The third-order valence-corrected chi connectivity index (χ3v) is 5.96. The molecule has 1 amide bonds. The number of rotatable bonds is 6. The zero-order valence-electron chi connectivity index (χ0n) is 15.8. The molecule has 4 heterocycles. The number of thioether (sulfide) groups is 1. The van der Waals surface area contributed by atoms with Crippen LogP contribution in [0.25, 0.3) is 16.4 Å². The van der Waals surface area contributed by atoms with E-state index in [0.717, 1.165) is 17.8 Å². The maximum Gasteiger partial charge on any atom is 0.417 e. The van der Waals surface area contributed by atoms with Crippen LogP contribution in [-0.4, -0.2) is 31.5 Å². The Morgan fingerprint density at radius 2 is 2.06 bits per heavy atom. The van der Waals surface area contributed by atoms with E-state index in [1.54, 1.807) is 52.7 Å². The van der Waals surface area contributed by atoms with Gasteiger partial charge in [0.05, 0.1) is 27.5 Å². The Morgan fingerprint density at radius 1 is 1.28 bits per heavy atom. The molecule has 0 saturated heterocycles. The van der Waals surface area contributed by atoms with E-state index in [-0.39, 0.29) is 28.1 Å². The van der Waals surface area contributed by atoms with Crippen LogP contribution < -0.4 is 5.32 Å². The number of amides is 1. The normalized spacial score (nSPS) is 11.3. The van der Waals surface area contributed by atoms with Gasteiger partial charge < -0.3 is 9.88 Å². The van der Waals surface area contributed by atoms with Crippen LogP contribution in [0.2, 0.25) is 0 Å². The fourth-order valence-electron chi connectivity index (χ4n) is 2.72. The van der Waals surface area contributed by atoms with Crippen molar-refractivity contribution in [3.05, 3.63) is 59.2 Å². The lowest BCUT2D eigenvalue weighted by atomic mass is 10.1. The summed E-state index contributed by atoms with van der Waals surface area (Å²) in [6.45, 7) is 0. The second kappa shape index (κ2) is 8.85. The first-order valence-corrected chi connectivity index (χ1v) is 10.7. The van der Waals surface area contributed by atoms with Gasteiger partial charge in [-0.1, -0.05) is 17.8 Å². The van der Waals surface area contributed by atoms with E-state index in [2.05, 4.69) is 25.2 Å². The molecule has 32 heavy (non-hydrogen) atoms. The number of aromatic nitrogens is 4. The SMILES string of the molecule is N#Cc1c(C(F)(F)F)cc(-c2cccs2)nc1SCC(=O)Nc1nonc1-n1cccc1. The second-order valence-electron chi connectivity index (χ2n) is 6.19. The van der Waals surface area contributed by atoms with Crippen molar-refractivity contribution in [2.45, 2.75) is 11.2 Å². The number of anilines is 1. The van der Waals surface area contributed by atoms with Crippen molar-refractivity contribution in [1.82, 2.24) is 19.9 Å². The molecule has 162 valence electrons. The van der Waals surface area contributed by atoms with Gasteiger partial charge in [-0.05, 0) is 40.0 Å². The topological polar surface area (TPSA) is 110 Å². The summed E-state index contributed by atoms with van der Waals surface area (Å²) < 4.78 is 46.9. The predicted molar refractivity (Wildman–Crippen MR) is 110 cm³/mol. The number of carbonyl (C=O) groups is 1. The van der Waals surface area contributed by atoms with Gasteiger partial charge in [-0.25, -0.2) is 9.61 Å². The highest BCUT2D eigenvalue weighted by Gasteiger charge is 2.36. The van der Waals surface area contributed by atoms with Gasteiger partial charge in [0.2, 0.25) is 17.5 Å². The highest BCUT2D eigenvalue weighted by molar-refractivity contribution is 8.00. The Kier molecular flexibility index (Phi) is 5.97. The molecule has 13 heteroatoms. The van der Waals surface area contributed by atoms with Crippen LogP contribution in [0, 0.1) is 11.3 Å². The molecule has 1 N–H and O–H groups in total. The summed E-state index contributed by atoms with van der Waals surface area (Å²) in [5.41, 5.74) is -1.66. The van der Waals surface area contributed by atoms with Crippen LogP contribution in [-0.2, 0) is 11.0 Å². The molecule has 8 nitrogen and oxygen atoms in total. The first kappa shape index (κ1) is 21.6. The fourth-order valence-corrected chi connectivity index (χ4v) is 4.21. The smallest absolute Gasteiger partial charge is 0.304 e. The Bertz CT molecular complexity index is 1280. The molecule has 0 radical (unpaired) electrons. The maximum atomic E-state index is 13.6. The molecule has 0 aliphatic heterocycles. The zero-order valence-corrected chi connectivity index (χ0v) is 17.5. The first-order valence-electron chi connectivity index (χ1n) is 8.81. The number of pyridine rings is 1. The van der Waals surface area contributed by atoms with Gasteiger partial charge >= 0.3 is 6.18 Å². The summed E-state index contributed by atoms with van der Waals surface area (Å²) in [5.74, 6) is -0.614. The summed E-state index contributed by atoms with van der Waals surface area (Å²) in [7, 11) is 0. The predicted octanol–water partition coefficient (Wildman–Crippen LogP) is 4.61. The summed E-state index contributed by atoms with van der Waals surface area (Å²) in [4.78, 5) is 17.1. The van der Waals surface area contributed by atoms with Crippen LogP contribution in [0.4, 0.5) is 19.0 Å². The van der Waals surface area contributed by atoms with Crippen LogP contribution in [0.1, 0.15) is 11.1 Å². The number of nitriles is 1. The molecule has 0 spiro atoms. The number of alkyl halides is 3. The lowest BCUT2D eigenvalue weighted by Crippen LogP contribution is -2.16. The largest absolute Gasteiger partial charge is 0.417 e. The van der Waals surface area contributed by atoms with Crippen molar-refractivity contribution in [2.24, 2.45) is 0 Å². The summed E-state index contributed by atoms with van der Waals surface area (Å²) in [6.07, 6.45) is -1.42. The van der Waals surface area contributed by atoms with Crippen LogP contribution in [0.15, 0.2) is 57.8 Å². The number of nitrogens with zero attached hydrogens (tertiary/aromatic N) is 5. The molecule has 4 aromatic rings. The van der Waals surface area contributed by atoms with Crippen molar-refractivity contribution in [2.75, 3.05) is 11.1 Å². The number of carbonyl (C=O) groups excluding carboxylic acids is 1. The quantitative estimate of drug-likeness (QED) is 0.405. The van der Waals surface area contributed by atoms with E-state index < -0.39 is 23.2 Å². The van der Waals surface area contributed by atoms with Crippen molar-refractivity contribution in [3.63, 3.8) is 0 Å². The van der Waals surface area contributed by atoms with Crippen molar-refractivity contribution < 1.29 is 22.6 Å². The Morgan fingerprint density at radius 3 is 2.72 bits per heavy atom. The first-order chi connectivity index (χ1) is 15.4. The van der Waals surface area contributed by atoms with Gasteiger partial charge in [-0.2, -0.15) is 18.4 Å². The van der Waals surface area contributed by atoms with Gasteiger partial charge in [0.25, 0.3) is 0 Å². The van der Waals surface area contributed by atoms with E-state index >= 15 is 0 Å². The Balaban J connectivity index is 1.58. The number of hydrogen-bond donors (Lipinski definition) is 1. The highest BCUT2D eigenvalue weighted by atomic mass is 32.2. The van der Waals surface area contributed by atoms with Gasteiger partial charge in [0, 0.05) is 12.4 Å². The molecule has 0 unspecified atom stereocenters. The lowest BCUT2D eigenvalue weighted by molar-refractivity contribution is -0.138. The van der Waals surface area contributed by atoms with E-state index in [0.29, 0.717) is 4.88 Å². The maximum absolute atomic E-state index is 13.6. The van der Waals surface area contributed by atoms with E-state index in [9.17, 15) is 23.2 Å². The average Bonchev–Trinajstić information content (AvgIpc) is 3.53. The third kappa shape index (κ3) is 4.51. The molecule has 0 saturated carbocycles. The monoisotopic (exact) mass is 476 g/mol. The van der Waals surface area contributed by atoms with Crippen LogP contribution >= 0.6 is 23.1 Å². The number of nitrogens with one attached hydrogen (secondary N) is 1. The van der Waals surface area contributed by atoms with Crippen molar-refractivity contribution >= 4 is 34.8 Å². The summed E-state index contributed by atoms with van der Waals surface area (Å²) >= 11 is 1.94. The molecular weight excluding hydrogens is 465 g/mol.